The highest BCUT2D eigenvalue weighted by Gasteiger charge is 2.32. The first-order valence-corrected chi connectivity index (χ1v) is 7.62. The molecule has 0 amide bonds. The van der Waals surface area contributed by atoms with Gasteiger partial charge < -0.3 is 18.9 Å². The zero-order valence-corrected chi connectivity index (χ0v) is 13.5. The van der Waals surface area contributed by atoms with Gasteiger partial charge in [0.25, 0.3) is 0 Å². The number of methoxy groups -OCH3 is 1. The monoisotopic (exact) mass is 308 g/mol. The van der Waals surface area contributed by atoms with E-state index in [2.05, 4.69) is 0 Å². The van der Waals surface area contributed by atoms with Crippen LogP contribution in [0.2, 0.25) is 0 Å². The van der Waals surface area contributed by atoms with E-state index in [1.54, 1.807) is 7.11 Å². The van der Waals surface area contributed by atoms with Gasteiger partial charge in [-0.15, -0.1) is 0 Å². The first-order chi connectivity index (χ1) is 10.6. The molecule has 0 radical (unpaired) electrons. The van der Waals surface area contributed by atoms with Crippen molar-refractivity contribution in [2.45, 2.75) is 32.1 Å². The number of carbonyl (C=O) groups excluding carboxylic acids is 1. The summed E-state index contributed by atoms with van der Waals surface area (Å²) in [4.78, 5) is 12.3. The molecular formula is C17H24O5. The molecule has 122 valence electrons. The SMILES string of the molecule is COCCCCOC(=O)C(C)(C)c1ccc2c(c1)OCCO2. The fraction of sp³-hybridized carbons (Fsp3) is 0.588. The van der Waals surface area contributed by atoms with Gasteiger partial charge in [0.1, 0.15) is 13.2 Å². The first-order valence-electron chi connectivity index (χ1n) is 7.62. The minimum Gasteiger partial charge on any atom is -0.486 e. The van der Waals surface area contributed by atoms with E-state index in [1.165, 1.54) is 0 Å². The number of ether oxygens (including phenoxy) is 4. The molecule has 1 aromatic rings. The lowest BCUT2D eigenvalue weighted by Gasteiger charge is -2.25. The minimum atomic E-state index is -0.725. The van der Waals surface area contributed by atoms with E-state index >= 15 is 0 Å². The number of benzene rings is 1. The number of carbonyl (C=O) groups is 1. The Morgan fingerprint density at radius 1 is 1.14 bits per heavy atom. The van der Waals surface area contributed by atoms with E-state index in [1.807, 2.05) is 32.0 Å². The number of hydrogen-bond acceptors (Lipinski definition) is 5. The lowest BCUT2D eigenvalue weighted by atomic mass is 9.84. The summed E-state index contributed by atoms with van der Waals surface area (Å²) in [6.07, 6.45) is 1.69. The van der Waals surface area contributed by atoms with Crippen molar-refractivity contribution in [1.82, 2.24) is 0 Å². The average Bonchev–Trinajstić information content (AvgIpc) is 2.54. The Balaban J connectivity index is 1.98. The van der Waals surface area contributed by atoms with Crippen LogP contribution in [0.25, 0.3) is 0 Å². The number of fused-ring (bicyclic) bond motifs is 1. The smallest absolute Gasteiger partial charge is 0.315 e. The lowest BCUT2D eigenvalue weighted by Crippen LogP contribution is -2.31. The maximum absolute atomic E-state index is 12.3. The van der Waals surface area contributed by atoms with Crippen molar-refractivity contribution < 1.29 is 23.7 Å². The van der Waals surface area contributed by atoms with Crippen molar-refractivity contribution in [1.29, 1.82) is 0 Å². The fourth-order valence-electron chi connectivity index (χ4n) is 2.24. The molecule has 5 nitrogen and oxygen atoms in total. The van der Waals surface area contributed by atoms with E-state index in [4.69, 9.17) is 18.9 Å². The second-order valence-corrected chi connectivity index (χ2v) is 5.82. The highest BCUT2D eigenvalue weighted by Crippen LogP contribution is 2.35. The zero-order chi connectivity index (χ0) is 16.0. The molecule has 0 aliphatic carbocycles. The van der Waals surface area contributed by atoms with Gasteiger partial charge in [0, 0.05) is 13.7 Å². The Bertz CT molecular complexity index is 510. The van der Waals surface area contributed by atoms with Gasteiger partial charge in [0.15, 0.2) is 11.5 Å². The summed E-state index contributed by atoms with van der Waals surface area (Å²) < 4.78 is 21.4. The number of hydrogen-bond donors (Lipinski definition) is 0. The molecule has 0 bridgehead atoms. The molecule has 1 aliphatic rings. The quantitative estimate of drug-likeness (QED) is 0.572. The van der Waals surface area contributed by atoms with Gasteiger partial charge in [-0.05, 0) is 44.4 Å². The van der Waals surface area contributed by atoms with Gasteiger partial charge in [-0.2, -0.15) is 0 Å². The third-order valence-electron chi connectivity index (χ3n) is 3.75. The molecule has 0 fully saturated rings. The molecule has 0 saturated heterocycles. The third kappa shape index (κ3) is 3.91. The minimum absolute atomic E-state index is 0.235. The average molecular weight is 308 g/mol. The summed E-state index contributed by atoms with van der Waals surface area (Å²) >= 11 is 0. The summed E-state index contributed by atoms with van der Waals surface area (Å²) in [6, 6.07) is 5.60. The van der Waals surface area contributed by atoms with Crippen LogP contribution in [0, 0.1) is 0 Å². The summed E-state index contributed by atoms with van der Waals surface area (Å²) in [6.45, 7) is 5.89. The molecule has 0 aromatic heterocycles. The van der Waals surface area contributed by atoms with Crippen molar-refractivity contribution in [2.75, 3.05) is 33.5 Å². The summed E-state index contributed by atoms with van der Waals surface area (Å²) in [5.74, 6) is 1.17. The maximum atomic E-state index is 12.3. The van der Waals surface area contributed by atoms with Gasteiger partial charge in [-0.3, -0.25) is 4.79 Å². The van der Waals surface area contributed by atoms with Crippen molar-refractivity contribution >= 4 is 5.97 Å². The predicted molar refractivity (Wildman–Crippen MR) is 82.5 cm³/mol. The van der Waals surface area contributed by atoms with Gasteiger partial charge in [-0.1, -0.05) is 6.07 Å². The van der Waals surface area contributed by atoms with E-state index < -0.39 is 5.41 Å². The van der Waals surface area contributed by atoms with E-state index in [-0.39, 0.29) is 5.97 Å². The molecule has 1 aliphatic heterocycles. The van der Waals surface area contributed by atoms with Crippen LogP contribution < -0.4 is 9.47 Å². The highest BCUT2D eigenvalue weighted by atomic mass is 16.6. The van der Waals surface area contributed by atoms with Crippen LogP contribution in [-0.4, -0.2) is 39.5 Å². The Labute approximate surface area is 131 Å². The maximum Gasteiger partial charge on any atom is 0.315 e. The molecule has 2 rings (SSSR count). The van der Waals surface area contributed by atoms with Crippen LogP contribution in [0.5, 0.6) is 11.5 Å². The Kier molecular flexibility index (Phi) is 5.66. The topological polar surface area (TPSA) is 54.0 Å². The molecule has 0 saturated carbocycles. The normalized spacial score (nSPS) is 13.8. The summed E-state index contributed by atoms with van der Waals surface area (Å²) in [5, 5.41) is 0. The molecule has 0 unspecified atom stereocenters. The molecule has 1 aromatic carbocycles. The second kappa shape index (κ2) is 7.49. The first kappa shape index (κ1) is 16.6. The number of unbranched alkanes of at least 4 members (excludes halogenated alkanes) is 1. The molecule has 0 atom stereocenters. The second-order valence-electron chi connectivity index (χ2n) is 5.82. The van der Waals surface area contributed by atoms with Crippen LogP contribution in [0.1, 0.15) is 32.3 Å². The predicted octanol–water partition coefficient (Wildman–Crippen LogP) is 2.71. The molecule has 0 N–H and O–H groups in total. The molecular weight excluding hydrogens is 284 g/mol. The van der Waals surface area contributed by atoms with E-state index in [0.717, 1.165) is 24.2 Å². The van der Waals surface area contributed by atoms with Crippen LogP contribution in [0.15, 0.2) is 18.2 Å². The highest BCUT2D eigenvalue weighted by molar-refractivity contribution is 5.82. The largest absolute Gasteiger partial charge is 0.486 e. The van der Waals surface area contributed by atoms with Crippen molar-refractivity contribution in [3.05, 3.63) is 23.8 Å². The molecule has 1 heterocycles. The number of rotatable bonds is 7. The fourth-order valence-corrected chi connectivity index (χ4v) is 2.24. The van der Waals surface area contributed by atoms with Crippen LogP contribution in [0.4, 0.5) is 0 Å². The van der Waals surface area contributed by atoms with Crippen molar-refractivity contribution in [3.63, 3.8) is 0 Å². The van der Waals surface area contributed by atoms with Crippen LogP contribution in [0.3, 0.4) is 0 Å². The summed E-state index contributed by atoms with van der Waals surface area (Å²) in [7, 11) is 1.66. The molecule has 5 heteroatoms. The third-order valence-corrected chi connectivity index (χ3v) is 3.75. The van der Waals surface area contributed by atoms with Gasteiger partial charge in [0.2, 0.25) is 0 Å². The molecule has 0 spiro atoms. The Hall–Kier alpha value is -1.75. The van der Waals surface area contributed by atoms with Crippen LogP contribution in [-0.2, 0) is 19.7 Å². The van der Waals surface area contributed by atoms with E-state index in [9.17, 15) is 4.79 Å². The Morgan fingerprint density at radius 2 is 1.82 bits per heavy atom. The lowest BCUT2D eigenvalue weighted by molar-refractivity contribution is -0.149. The molecule has 22 heavy (non-hydrogen) atoms. The van der Waals surface area contributed by atoms with E-state index in [0.29, 0.717) is 32.2 Å². The van der Waals surface area contributed by atoms with Gasteiger partial charge in [0.05, 0.1) is 12.0 Å². The van der Waals surface area contributed by atoms with Gasteiger partial charge in [-0.25, -0.2) is 0 Å². The van der Waals surface area contributed by atoms with Crippen molar-refractivity contribution in [2.24, 2.45) is 0 Å². The zero-order valence-electron chi connectivity index (χ0n) is 13.5. The standard InChI is InChI=1S/C17H24O5/c1-17(2,16(18)22-9-5-4-8-19-3)13-6-7-14-15(12-13)21-11-10-20-14/h6-7,12H,4-5,8-11H2,1-3H3. The van der Waals surface area contributed by atoms with Gasteiger partial charge >= 0.3 is 5.97 Å². The van der Waals surface area contributed by atoms with Crippen LogP contribution >= 0.6 is 0 Å². The van der Waals surface area contributed by atoms with Crippen molar-refractivity contribution in [3.8, 4) is 11.5 Å². The summed E-state index contributed by atoms with van der Waals surface area (Å²) in [5.41, 5.74) is 0.135. The Morgan fingerprint density at radius 3 is 2.55 bits per heavy atom. The number of esters is 1.